The van der Waals surface area contributed by atoms with Crippen LogP contribution < -0.4 is 10.2 Å². The van der Waals surface area contributed by atoms with E-state index >= 15 is 0 Å². The fourth-order valence-electron chi connectivity index (χ4n) is 3.34. The zero-order valence-corrected chi connectivity index (χ0v) is 14.0. The fraction of sp³-hybridized carbons (Fsp3) is 0.421. The summed E-state index contributed by atoms with van der Waals surface area (Å²) in [4.78, 5) is 11.1. The van der Waals surface area contributed by atoms with Crippen LogP contribution in [0.15, 0.2) is 30.5 Å². The number of hydrogen-bond acceptors (Lipinski definition) is 5. The number of piperidine rings is 1. The molecule has 25 heavy (non-hydrogen) atoms. The maximum Gasteiger partial charge on any atom is 0.133 e. The third-order valence-corrected chi connectivity index (χ3v) is 4.88. The van der Waals surface area contributed by atoms with Gasteiger partial charge in [0.2, 0.25) is 0 Å². The third kappa shape index (κ3) is 3.55. The van der Waals surface area contributed by atoms with Crippen molar-refractivity contribution < 1.29 is 4.39 Å². The Morgan fingerprint density at radius 2 is 1.96 bits per heavy atom. The zero-order chi connectivity index (χ0) is 17.2. The molecule has 1 saturated carbocycles. The summed E-state index contributed by atoms with van der Waals surface area (Å²) in [7, 11) is 0. The van der Waals surface area contributed by atoms with Gasteiger partial charge in [0.25, 0.3) is 0 Å². The molecule has 128 valence electrons. The van der Waals surface area contributed by atoms with Gasteiger partial charge in [0.05, 0.1) is 11.3 Å². The minimum Gasteiger partial charge on any atom is -0.370 e. The van der Waals surface area contributed by atoms with Gasteiger partial charge in [-0.2, -0.15) is 5.26 Å². The Balaban J connectivity index is 1.38. The smallest absolute Gasteiger partial charge is 0.133 e. The van der Waals surface area contributed by atoms with Gasteiger partial charge in [-0.25, -0.2) is 14.4 Å². The summed E-state index contributed by atoms with van der Waals surface area (Å²) in [6.45, 7) is 1.66. The molecule has 0 spiro atoms. The van der Waals surface area contributed by atoms with E-state index in [0.717, 1.165) is 43.3 Å². The lowest BCUT2D eigenvalue weighted by Gasteiger charge is -2.34. The molecule has 2 aliphatic rings. The van der Waals surface area contributed by atoms with E-state index < -0.39 is 0 Å². The first-order valence-corrected chi connectivity index (χ1v) is 8.77. The van der Waals surface area contributed by atoms with E-state index in [1.807, 2.05) is 12.3 Å². The first kappa shape index (κ1) is 15.8. The molecule has 1 aliphatic heterocycles. The molecule has 2 fully saturated rings. The number of nitrogens with zero attached hydrogens (tertiary/aromatic N) is 4. The molecule has 0 radical (unpaired) electrons. The van der Waals surface area contributed by atoms with Gasteiger partial charge in [0, 0.05) is 31.2 Å². The molecule has 1 aromatic heterocycles. The molecule has 1 N–H and O–H groups in total. The van der Waals surface area contributed by atoms with E-state index in [9.17, 15) is 9.65 Å². The van der Waals surface area contributed by atoms with E-state index in [0.29, 0.717) is 17.5 Å². The van der Waals surface area contributed by atoms with Crippen molar-refractivity contribution in [3.05, 3.63) is 47.7 Å². The molecule has 2 heterocycles. The van der Waals surface area contributed by atoms with Gasteiger partial charge in [-0.1, -0.05) is 0 Å². The lowest BCUT2D eigenvalue weighted by atomic mass is 10.0. The summed E-state index contributed by atoms with van der Waals surface area (Å²) >= 11 is 0. The summed E-state index contributed by atoms with van der Waals surface area (Å²) in [5.41, 5.74) is 1.22. The van der Waals surface area contributed by atoms with E-state index in [2.05, 4.69) is 26.3 Å². The van der Waals surface area contributed by atoms with Gasteiger partial charge in [0.15, 0.2) is 0 Å². The molecule has 1 saturated heterocycles. The van der Waals surface area contributed by atoms with Crippen molar-refractivity contribution in [1.29, 1.82) is 5.26 Å². The van der Waals surface area contributed by atoms with Gasteiger partial charge in [0.1, 0.15) is 23.5 Å². The first-order valence-electron chi connectivity index (χ1n) is 8.77. The number of hydrogen-bond donors (Lipinski definition) is 1. The highest BCUT2D eigenvalue weighted by Crippen LogP contribution is 2.38. The van der Waals surface area contributed by atoms with Gasteiger partial charge in [-0.3, -0.25) is 0 Å². The van der Waals surface area contributed by atoms with Crippen LogP contribution in [0.4, 0.5) is 15.9 Å². The van der Waals surface area contributed by atoms with Gasteiger partial charge >= 0.3 is 0 Å². The Kier molecular flexibility index (Phi) is 4.22. The average Bonchev–Trinajstić information content (AvgIpc) is 3.48. The molecular formula is C19H20FN5. The van der Waals surface area contributed by atoms with Crippen molar-refractivity contribution in [2.45, 2.75) is 37.6 Å². The van der Waals surface area contributed by atoms with Crippen molar-refractivity contribution >= 4 is 11.5 Å². The van der Waals surface area contributed by atoms with Crippen LogP contribution in [0.1, 0.15) is 43.0 Å². The van der Waals surface area contributed by atoms with Gasteiger partial charge in [-0.05, 0) is 49.9 Å². The molecule has 0 amide bonds. The molecule has 1 aliphatic carbocycles. The lowest BCUT2D eigenvalue weighted by Crippen LogP contribution is -2.39. The van der Waals surface area contributed by atoms with Crippen LogP contribution in [0.2, 0.25) is 0 Å². The van der Waals surface area contributed by atoms with Crippen molar-refractivity contribution in [3.63, 3.8) is 0 Å². The van der Waals surface area contributed by atoms with Crippen LogP contribution in [0.3, 0.4) is 0 Å². The highest BCUT2D eigenvalue weighted by atomic mass is 19.1. The van der Waals surface area contributed by atoms with Crippen LogP contribution in [0, 0.1) is 17.1 Å². The molecule has 0 bridgehead atoms. The van der Waals surface area contributed by atoms with Crippen LogP contribution in [-0.4, -0.2) is 29.1 Å². The number of anilines is 2. The highest BCUT2D eigenvalue weighted by molar-refractivity contribution is 5.59. The standard InChI is InChI=1S/C19H20FN5/c20-15-3-4-17(14(11-15)12-21)25-9-6-16(7-10-25)23-18-5-8-22-19(24-18)13-1-2-13/h3-5,8,11,13,16H,1-2,6-7,9-10H2,(H,22,23,24). The largest absolute Gasteiger partial charge is 0.370 e. The maximum atomic E-state index is 13.3. The maximum absolute atomic E-state index is 13.3. The fourth-order valence-corrected chi connectivity index (χ4v) is 3.34. The zero-order valence-electron chi connectivity index (χ0n) is 14.0. The van der Waals surface area contributed by atoms with E-state index in [1.54, 1.807) is 6.07 Å². The van der Waals surface area contributed by atoms with Crippen molar-refractivity contribution in [2.75, 3.05) is 23.3 Å². The topological polar surface area (TPSA) is 64.8 Å². The number of halogens is 1. The molecule has 6 heteroatoms. The lowest BCUT2D eigenvalue weighted by molar-refractivity contribution is 0.524. The van der Waals surface area contributed by atoms with Crippen LogP contribution >= 0.6 is 0 Å². The number of benzene rings is 1. The predicted molar refractivity (Wildman–Crippen MR) is 94.0 cm³/mol. The van der Waals surface area contributed by atoms with Crippen LogP contribution in [0.5, 0.6) is 0 Å². The molecule has 0 atom stereocenters. The molecule has 4 rings (SSSR count). The number of rotatable bonds is 4. The Bertz CT molecular complexity index is 804. The second-order valence-electron chi connectivity index (χ2n) is 6.75. The summed E-state index contributed by atoms with van der Waals surface area (Å²) in [5.74, 6) is 2.03. The van der Waals surface area contributed by atoms with E-state index in [1.165, 1.54) is 25.0 Å². The molecule has 2 aromatic rings. The Morgan fingerprint density at radius 3 is 2.68 bits per heavy atom. The molecule has 0 unspecified atom stereocenters. The van der Waals surface area contributed by atoms with Gasteiger partial charge in [-0.15, -0.1) is 0 Å². The number of aromatic nitrogens is 2. The highest BCUT2D eigenvalue weighted by Gasteiger charge is 2.27. The average molecular weight is 337 g/mol. The molecule has 5 nitrogen and oxygen atoms in total. The molecular weight excluding hydrogens is 317 g/mol. The predicted octanol–water partition coefficient (Wildman–Crippen LogP) is 3.45. The quantitative estimate of drug-likeness (QED) is 0.926. The Labute approximate surface area is 146 Å². The summed E-state index contributed by atoms with van der Waals surface area (Å²) < 4.78 is 13.3. The Morgan fingerprint density at radius 1 is 1.16 bits per heavy atom. The van der Waals surface area contributed by atoms with E-state index in [-0.39, 0.29) is 5.82 Å². The third-order valence-electron chi connectivity index (χ3n) is 4.88. The van der Waals surface area contributed by atoms with Crippen molar-refractivity contribution in [2.24, 2.45) is 0 Å². The first-order chi connectivity index (χ1) is 12.2. The van der Waals surface area contributed by atoms with Crippen molar-refractivity contribution in [3.8, 4) is 6.07 Å². The number of nitriles is 1. The van der Waals surface area contributed by atoms with Crippen LogP contribution in [-0.2, 0) is 0 Å². The minimum atomic E-state index is -0.368. The summed E-state index contributed by atoms with van der Waals surface area (Å²) in [6.07, 6.45) is 6.12. The normalized spacial score (nSPS) is 18.0. The second-order valence-corrected chi connectivity index (χ2v) is 6.75. The van der Waals surface area contributed by atoms with E-state index in [4.69, 9.17) is 0 Å². The Hall–Kier alpha value is -2.68. The summed E-state index contributed by atoms with van der Waals surface area (Å²) in [5, 5.41) is 12.7. The SMILES string of the molecule is N#Cc1cc(F)ccc1N1CCC(Nc2ccnc(C3CC3)n2)CC1. The number of nitrogens with one attached hydrogen (secondary N) is 1. The second kappa shape index (κ2) is 6.67. The van der Waals surface area contributed by atoms with Crippen LogP contribution in [0.25, 0.3) is 0 Å². The van der Waals surface area contributed by atoms with Gasteiger partial charge < -0.3 is 10.2 Å². The van der Waals surface area contributed by atoms with Crippen molar-refractivity contribution in [1.82, 2.24) is 9.97 Å². The monoisotopic (exact) mass is 337 g/mol. The molecule has 1 aromatic carbocycles. The summed E-state index contributed by atoms with van der Waals surface area (Å²) in [6, 6.07) is 8.79. The minimum absolute atomic E-state index is 0.351.